The fourth-order valence-corrected chi connectivity index (χ4v) is 4.43. The van der Waals surface area contributed by atoms with E-state index in [1.54, 1.807) is 6.07 Å². The molecule has 0 amide bonds. The Bertz CT molecular complexity index is 1150. The van der Waals surface area contributed by atoms with E-state index in [1.165, 1.54) is 6.07 Å². The first-order valence-electron chi connectivity index (χ1n) is 8.80. The summed E-state index contributed by atoms with van der Waals surface area (Å²) in [6.07, 6.45) is -6.46. The van der Waals surface area contributed by atoms with Gasteiger partial charge in [0.2, 0.25) is 5.88 Å². The van der Waals surface area contributed by atoms with Gasteiger partial charge in [-0.1, -0.05) is 6.07 Å². The summed E-state index contributed by atoms with van der Waals surface area (Å²) in [5, 5.41) is 28.3. The first-order chi connectivity index (χ1) is 14.9. The van der Waals surface area contributed by atoms with Crippen LogP contribution in [-0.2, 0) is 10.0 Å². The van der Waals surface area contributed by atoms with E-state index in [2.05, 4.69) is 9.72 Å². The van der Waals surface area contributed by atoms with Gasteiger partial charge < -0.3 is 19.7 Å². The fraction of sp³-hybridized carbons (Fsp3) is 0.333. The summed E-state index contributed by atoms with van der Waals surface area (Å²) in [7, 11) is -4.54. The van der Waals surface area contributed by atoms with E-state index >= 15 is 0 Å². The van der Waals surface area contributed by atoms with Gasteiger partial charge in [-0.3, -0.25) is 0 Å². The number of pyridine rings is 1. The number of hydrogen-bond donors (Lipinski definition) is 2. The van der Waals surface area contributed by atoms with Crippen molar-refractivity contribution >= 4 is 10.0 Å². The Labute approximate surface area is 179 Å². The van der Waals surface area contributed by atoms with E-state index in [0.717, 1.165) is 30.3 Å². The van der Waals surface area contributed by atoms with Crippen LogP contribution in [0, 0.1) is 17.1 Å². The van der Waals surface area contributed by atoms with Gasteiger partial charge in [0, 0.05) is 18.7 Å². The van der Waals surface area contributed by atoms with Crippen LogP contribution in [0.4, 0.5) is 17.6 Å². The van der Waals surface area contributed by atoms with Gasteiger partial charge in [0.05, 0.1) is 18.7 Å². The second-order valence-corrected chi connectivity index (χ2v) is 8.67. The molecule has 32 heavy (non-hydrogen) atoms. The molecular weight excluding hydrogens is 462 g/mol. The van der Waals surface area contributed by atoms with E-state index in [4.69, 9.17) is 10.00 Å². The van der Waals surface area contributed by atoms with Crippen molar-refractivity contribution in [1.82, 2.24) is 9.29 Å². The minimum absolute atomic E-state index is 0.142. The lowest BCUT2D eigenvalue weighted by Crippen LogP contribution is -2.48. The van der Waals surface area contributed by atoms with Gasteiger partial charge in [0.1, 0.15) is 29.3 Å². The summed E-state index contributed by atoms with van der Waals surface area (Å²) in [5.41, 5.74) is -2.38. The van der Waals surface area contributed by atoms with Crippen molar-refractivity contribution in [2.75, 3.05) is 19.7 Å². The third-order valence-electron chi connectivity index (χ3n) is 4.55. The Morgan fingerprint density at radius 3 is 2.62 bits per heavy atom. The normalized spacial score (nSPS) is 21.8. The molecule has 0 bridgehead atoms. The molecule has 3 rings (SSSR count). The summed E-state index contributed by atoms with van der Waals surface area (Å²) >= 11 is 0. The smallest absolute Gasteiger partial charge is 0.486 e. The van der Waals surface area contributed by atoms with Gasteiger partial charge in [-0.05, 0) is 18.2 Å². The van der Waals surface area contributed by atoms with E-state index < -0.39 is 64.5 Å². The quantitative estimate of drug-likeness (QED) is 0.593. The number of ether oxygens (including phenoxy) is 2. The van der Waals surface area contributed by atoms with Crippen molar-refractivity contribution in [2.24, 2.45) is 0 Å². The zero-order chi connectivity index (χ0) is 23.7. The Hall–Kier alpha value is -2.99. The first kappa shape index (κ1) is 23.7. The number of aliphatic hydroxyl groups is 2. The number of nitrogens with zero attached hydrogens (tertiary/aromatic N) is 3. The SMILES string of the molecule is N#Cc1ccc(OC2CN(S(=O)(=O)c3cccc(OC(F)(F)F)n3)C[C@@]2(O)CO)cc1F. The Balaban J connectivity index is 1.86. The molecule has 0 radical (unpaired) electrons. The monoisotopic (exact) mass is 477 g/mol. The highest BCUT2D eigenvalue weighted by Gasteiger charge is 2.51. The molecule has 2 heterocycles. The van der Waals surface area contributed by atoms with Gasteiger partial charge in [-0.15, -0.1) is 13.2 Å². The highest BCUT2D eigenvalue weighted by atomic mass is 32.2. The number of β-amino-alcohol motifs (C(OH)–C–C–N with tert-alkyl or cyclic N) is 1. The number of aliphatic hydroxyl groups excluding tert-OH is 1. The van der Waals surface area contributed by atoms with Crippen LogP contribution in [0.5, 0.6) is 11.6 Å². The molecule has 172 valence electrons. The Morgan fingerprint density at radius 2 is 2.03 bits per heavy atom. The topological polar surface area (TPSA) is 133 Å². The molecule has 1 aromatic heterocycles. The number of halogens is 4. The van der Waals surface area contributed by atoms with Crippen molar-refractivity contribution in [3.63, 3.8) is 0 Å². The predicted molar refractivity (Wildman–Crippen MR) is 97.2 cm³/mol. The van der Waals surface area contributed by atoms with Crippen LogP contribution in [0.1, 0.15) is 5.56 Å². The average Bonchev–Trinajstić information content (AvgIpc) is 3.05. The molecule has 1 saturated heterocycles. The second kappa shape index (κ2) is 8.51. The van der Waals surface area contributed by atoms with Gasteiger partial charge in [-0.25, -0.2) is 17.8 Å². The molecule has 1 aromatic carbocycles. The zero-order valence-electron chi connectivity index (χ0n) is 16.0. The maximum Gasteiger partial charge on any atom is 0.574 e. The lowest BCUT2D eigenvalue weighted by Gasteiger charge is -2.27. The molecule has 2 N–H and O–H groups in total. The van der Waals surface area contributed by atoms with Crippen molar-refractivity contribution in [1.29, 1.82) is 5.26 Å². The second-order valence-electron chi connectivity index (χ2n) is 6.78. The van der Waals surface area contributed by atoms with Gasteiger partial charge >= 0.3 is 6.36 Å². The minimum Gasteiger partial charge on any atom is -0.486 e. The van der Waals surface area contributed by atoms with Crippen molar-refractivity contribution in [3.05, 3.63) is 47.8 Å². The molecule has 9 nitrogen and oxygen atoms in total. The minimum atomic E-state index is -5.09. The molecule has 2 aromatic rings. The molecule has 0 aliphatic carbocycles. The van der Waals surface area contributed by atoms with Gasteiger partial charge in [-0.2, -0.15) is 9.57 Å². The summed E-state index contributed by atoms with van der Waals surface area (Å²) in [6.45, 7) is -2.15. The molecule has 1 aliphatic rings. The zero-order valence-corrected chi connectivity index (χ0v) is 16.8. The largest absolute Gasteiger partial charge is 0.574 e. The summed E-state index contributed by atoms with van der Waals surface area (Å²) in [4.78, 5) is 3.35. The van der Waals surface area contributed by atoms with E-state index in [9.17, 15) is 36.2 Å². The number of alkyl halides is 3. The summed E-state index contributed by atoms with van der Waals surface area (Å²) in [6, 6.07) is 7.53. The molecule has 0 spiro atoms. The maximum absolute atomic E-state index is 13.8. The summed E-state index contributed by atoms with van der Waals surface area (Å²) < 4.78 is 86.5. The van der Waals surface area contributed by atoms with Crippen LogP contribution < -0.4 is 9.47 Å². The fourth-order valence-electron chi connectivity index (χ4n) is 2.98. The van der Waals surface area contributed by atoms with Crippen LogP contribution in [0.2, 0.25) is 0 Å². The molecule has 14 heteroatoms. The van der Waals surface area contributed by atoms with Crippen LogP contribution >= 0.6 is 0 Å². The lowest BCUT2D eigenvalue weighted by molar-refractivity contribution is -0.276. The molecule has 1 unspecified atom stereocenters. The first-order valence-corrected chi connectivity index (χ1v) is 10.2. The summed E-state index contributed by atoms with van der Waals surface area (Å²) in [5.74, 6) is -2.06. The van der Waals surface area contributed by atoms with E-state index in [0.29, 0.717) is 4.31 Å². The molecule has 1 fully saturated rings. The Kier molecular flexibility index (Phi) is 6.29. The van der Waals surface area contributed by atoms with E-state index in [1.807, 2.05) is 0 Å². The average molecular weight is 477 g/mol. The van der Waals surface area contributed by atoms with E-state index in [-0.39, 0.29) is 11.3 Å². The highest BCUT2D eigenvalue weighted by molar-refractivity contribution is 7.89. The number of rotatable bonds is 6. The van der Waals surface area contributed by atoms with Crippen molar-refractivity contribution in [2.45, 2.75) is 23.1 Å². The van der Waals surface area contributed by atoms with Gasteiger partial charge in [0.25, 0.3) is 10.0 Å². The maximum atomic E-state index is 13.8. The van der Waals surface area contributed by atoms with Crippen molar-refractivity contribution < 1.29 is 45.7 Å². The Morgan fingerprint density at radius 1 is 1.31 bits per heavy atom. The predicted octanol–water partition coefficient (Wildman–Crippen LogP) is 1.17. The standard InChI is InChI=1S/C18H15F4N3O6S/c19-13-6-12(5-4-11(13)7-23)30-14-8-25(9-17(14,27)10-26)32(28,29)16-3-1-2-15(24-16)31-18(20,21)22/h1-6,14,26-27H,8-10H2/t14?,17-/m1/s1. The van der Waals surface area contributed by atoms with Crippen LogP contribution in [0.25, 0.3) is 0 Å². The van der Waals surface area contributed by atoms with Crippen LogP contribution in [0.15, 0.2) is 41.4 Å². The number of sulfonamides is 1. The lowest BCUT2D eigenvalue weighted by atomic mass is 10.0. The molecule has 2 atom stereocenters. The third kappa shape index (κ3) is 4.91. The van der Waals surface area contributed by atoms with Gasteiger partial charge in [0.15, 0.2) is 5.03 Å². The molecule has 0 saturated carbocycles. The highest BCUT2D eigenvalue weighted by Crippen LogP contribution is 2.31. The van der Waals surface area contributed by atoms with Crippen LogP contribution in [-0.4, -0.2) is 65.7 Å². The number of benzene rings is 1. The number of hydrogen-bond acceptors (Lipinski definition) is 8. The third-order valence-corrected chi connectivity index (χ3v) is 6.27. The number of aromatic nitrogens is 1. The molecular formula is C18H15F4N3O6S. The number of nitriles is 1. The van der Waals surface area contributed by atoms with Crippen LogP contribution in [0.3, 0.4) is 0 Å². The molecule has 1 aliphatic heterocycles. The van der Waals surface area contributed by atoms with Crippen molar-refractivity contribution in [3.8, 4) is 17.7 Å².